The number of furan rings is 1. The Morgan fingerprint density at radius 3 is 1.76 bits per heavy atom. The first kappa shape index (κ1) is 28.4. The summed E-state index contributed by atoms with van der Waals surface area (Å²) in [6.45, 7) is 0. The van der Waals surface area contributed by atoms with Crippen LogP contribution >= 0.6 is 0 Å². The summed E-state index contributed by atoms with van der Waals surface area (Å²) in [7, 11) is 0. The molecule has 0 aliphatic rings. The monoisotopic (exact) mass is 637 g/mol. The van der Waals surface area contributed by atoms with E-state index in [-0.39, 0.29) is 0 Å². The largest absolute Gasteiger partial charge is 0.454 e. The minimum Gasteiger partial charge on any atom is -0.454 e. The SMILES string of the molecule is c1ccc(-c2ccc3ccccc3c2)c(-c2ccc(N(c3cc4ccccc4c4ccccc34)c3cccc4c3oc3ccccc34)cc2)c1. The maximum absolute atomic E-state index is 6.65. The molecule has 9 aromatic carbocycles. The predicted molar refractivity (Wildman–Crippen MR) is 212 cm³/mol. The van der Waals surface area contributed by atoms with Gasteiger partial charge in [-0.05, 0) is 85.6 Å². The van der Waals surface area contributed by atoms with Crippen LogP contribution < -0.4 is 4.90 Å². The molecule has 1 heterocycles. The highest BCUT2D eigenvalue weighted by atomic mass is 16.3. The molecule has 0 spiro atoms. The number of anilines is 3. The lowest BCUT2D eigenvalue weighted by molar-refractivity contribution is 0.669. The molecule has 0 aliphatic carbocycles. The van der Waals surface area contributed by atoms with Gasteiger partial charge in [0.05, 0.1) is 11.4 Å². The van der Waals surface area contributed by atoms with E-state index in [1.165, 1.54) is 54.6 Å². The number of benzene rings is 9. The van der Waals surface area contributed by atoms with Gasteiger partial charge in [0.15, 0.2) is 5.58 Å². The molecule has 0 unspecified atom stereocenters. The molecule has 0 aliphatic heterocycles. The Hall–Kier alpha value is -6.64. The molecular weight excluding hydrogens is 607 g/mol. The van der Waals surface area contributed by atoms with Crippen LogP contribution in [0.25, 0.3) is 76.5 Å². The zero-order chi connectivity index (χ0) is 33.0. The van der Waals surface area contributed by atoms with Gasteiger partial charge >= 0.3 is 0 Å². The molecule has 234 valence electrons. The van der Waals surface area contributed by atoms with Crippen molar-refractivity contribution >= 4 is 71.3 Å². The summed E-state index contributed by atoms with van der Waals surface area (Å²) in [6, 6.07) is 67.5. The van der Waals surface area contributed by atoms with Crippen molar-refractivity contribution in [3.63, 3.8) is 0 Å². The highest BCUT2D eigenvalue weighted by molar-refractivity contribution is 6.16. The van der Waals surface area contributed by atoms with Crippen LogP contribution in [-0.2, 0) is 0 Å². The van der Waals surface area contributed by atoms with Gasteiger partial charge in [-0.25, -0.2) is 0 Å². The van der Waals surface area contributed by atoms with Crippen LogP contribution in [0.5, 0.6) is 0 Å². The van der Waals surface area contributed by atoms with Crippen LogP contribution in [0.4, 0.5) is 17.1 Å². The standard InChI is InChI=1S/C48H31NO/c1-2-13-34-30-36(25-24-32(34)12-1)39-16-6-5-15-38(39)33-26-28-37(29-27-33)49(45-22-11-21-44-43-20-9-10-23-47(43)50-48(44)45)46-31-35-14-3-4-17-40(35)41-18-7-8-19-42(41)46/h1-31H. The lowest BCUT2D eigenvalue weighted by atomic mass is 9.93. The second-order valence-corrected chi connectivity index (χ2v) is 12.9. The summed E-state index contributed by atoms with van der Waals surface area (Å²) in [4.78, 5) is 2.37. The Morgan fingerprint density at radius 2 is 0.940 bits per heavy atom. The van der Waals surface area contributed by atoms with E-state index in [9.17, 15) is 0 Å². The van der Waals surface area contributed by atoms with E-state index in [1.807, 2.05) is 6.07 Å². The highest BCUT2D eigenvalue weighted by Crippen LogP contribution is 2.46. The summed E-state index contributed by atoms with van der Waals surface area (Å²) in [5, 5.41) is 9.57. The minimum absolute atomic E-state index is 0.872. The number of para-hydroxylation sites is 2. The lowest BCUT2D eigenvalue weighted by Gasteiger charge is -2.28. The molecule has 0 saturated heterocycles. The van der Waals surface area contributed by atoms with Gasteiger partial charge in [0.25, 0.3) is 0 Å². The first-order chi connectivity index (χ1) is 24.8. The minimum atomic E-state index is 0.872. The number of hydrogen-bond donors (Lipinski definition) is 0. The van der Waals surface area contributed by atoms with Crippen molar-refractivity contribution in [3.8, 4) is 22.3 Å². The fourth-order valence-corrected chi connectivity index (χ4v) is 7.67. The molecule has 2 nitrogen and oxygen atoms in total. The maximum Gasteiger partial charge on any atom is 0.159 e. The molecule has 0 atom stereocenters. The van der Waals surface area contributed by atoms with Crippen molar-refractivity contribution in [2.75, 3.05) is 4.90 Å². The Labute approximate surface area is 290 Å². The van der Waals surface area contributed by atoms with Crippen LogP contribution in [0.15, 0.2) is 192 Å². The van der Waals surface area contributed by atoms with Crippen LogP contribution in [0, 0.1) is 0 Å². The van der Waals surface area contributed by atoms with Gasteiger partial charge in [-0.2, -0.15) is 0 Å². The third-order valence-electron chi connectivity index (χ3n) is 10.0. The van der Waals surface area contributed by atoms with Crippen molar-refractivity contribution in [2.24, 2.45) is 0 Å². The van der Waals surface area contributed by atoms with Gasteiger partial charge in [0.2, 0.25) is 0 Å². The molecule has 0 bridgehead atoms. The first-order valence-electron chi connectivity index (χ1n) is 17.1. The number of rotatable bonds is 5. The molecule has 2 heteroatoms. The fraction of sp³-hybridized carbons (Fsp3) is 0. The highest BCUT2D eigenvalue weighted by Gasteiger charge is 2.22. The van der Waals surface area contributed by atoms with Gasteiger partial charge in [-0.1, -0.05) is 152 Å². The van der Waals surface area contributed by atoms with E-state index in [0.29, 0.717) is 0 Å². The summed E-state index contributed by atoms with van der Waals surface area (Å²) in [5.41, 5.74) is 9.74. The molecule has 0 fully saturated rings. The van der Waals surface area contributed by atoms with Crippen LogP contribution in [-0.4, -0.2) is 0 Å². The molecule has 0 N–H and O–H groups in total. The molecule has 0 saturated carbocycles. The zero-order valence-corrected chi connectivity index (χ0v) is 27.3. The first-order valence-corrected chi connectivity index (χ1v) is 17.1. The average Bonchev–Trinajstić information content (AvgIpc) is 3.58. The molecule has 1 aromatic heterocycles. The predicted octanol–water partition coefficient (Wildman–Crippen LogP) is 13.8. The lowest BCUT2D eigenvalue weighted by Crippen LogP contribution is -2.11. The quantitative estimate of drug-likeness (QED) is 0.175. The van der Waals surface area contributed by atoms with Crippen LogP contribution in [0.2, 0.25) is 0 Å². The second-order valence-electron chi connectivity index (χ2n) is 12.9. The van der Waals surface area contributed by atoms with Crippen molar-refractivity contribution < 1.29 is 4.42 Å². The third kappa shape index (κ3) is 4.57. The molecule has 0 amide bonds. The van der Waals surface area contributed by atoms with E-state index < -0.39 is 0 Å². The Morgan fingerprint density at radius 1 is 0.340 bits per heavy atom. The van der Waals surface area contributed by atoms with E-state index >= 15 is 0 Å². The summed E-state index contributed by atoms with van der Waals surface area (Å²) in [6.07, 6.45) is 0. The van der Waals surface area contributed by atoms with Gasteiger partial charge in [0, 0.05) is 21.8 Å². The van der Waals surface area contributed by atoms with Crippen molar-refractivity contribution in [1.29, 1.82) is 0 Å². The van der Waals surface area contributed by atoms with Crippen molar-refractivity contribution in [3.05, 3.63) is 188 Å². The Balaban J connectivity index is 1.18. The smallest absolute Gasteiger partial charge is 0.159 e. The molecule has 10 rings (SSSR count). The van der Waals surface area contributed by atoms with Crippen molar-refractivity contribution in [2.45, 2.75) is 0 Å². The average molecular weight is 638 g/mol. The normalized spacial score (nSPS) is 11.6. The number of fused-ring (bicyclic) bond motifs is 7. The van der Waals surface area contributed by atoms with Gasteiger partial charge in [-0.15, -0.1) is 0 Å². The summed E-state index contributed by atoms with van der Waals surface area (Å²) in [5.74, 6) is 0. The van der Waals surface area contributed by atoms with Gasteiger partial charge < -0.3 is 9.32 Å². The van der Waals surface area contributed by atoms with Crippen molar-refractivity contribution in [1.82, 2.24) is 0 Å². The summed E-state index contributed by atoms with van der Waals surface area (Å²) < 4.78 is 6.65. The third-order valence-corrected chi connectivity index (χ3v) is 10.0. The molecule has 50 heavy (non-hydrogen) atoms. The zero-order valence-electron chi connectivity index (χ0n) is 27.3. The number of nitrogens with zero attached hydrogens (tertiary/aromatic N) is 1. The topological polar surface area (TPSA) is 16.4 Å². The van der Waals surface area contributed by atoms with Gasteiger partial charge in [-0.3, -0.25) is 0 Å². The molecular formula is C48H31NO. The Bertz CT molecular complexity index is 2880. The fourth-order valence-electron chi connectivity index (χ4n) is 7.67. The van der Waals surface area contributed by atoms with E-state index in [0.717, 1.165) is 39.0 Å². The molecule has 0 radical (unpaired) electrons. The van der Waals surface area contributed by atoms with Gasteiger partial charge in [0.1, 0.15) is 5.58 Å². The van der Waals surface area contributed by atoms with E-state index in [2.05, 4.69) is 187 Å². The summed E-state index contributed by atoms with van der Waals surface area (Å²) >= 11 is 0. The number of hydrogen-bond acceptors (Lipinski definition) is 2. The van der Waals surface area contributed by atoms with Crippen LogP contribution in [0.1, 0.15) is 0 Å². The van der Waals surface area contributed by atoms with Crippen LogP contribution in [0.3, 0.4) is 0 Å². The van der Waals surface area contributed by atoms with E-state index in [4.69, 9.17) is 4.42 Å². The molecule has 10 aromatic rings. The second kappa shape index (κ2) is 11.5. The maximum atomic E-state index is 6.65. The van der Waals surface area contributed by atoms with E-state index in [1.54, 1.807) is 0 Å². The Kier molecular flexibility index (Phi) is 6.53.